The van der Waals surface area contributed by atoms with E-state index in [2.05, 4.69) is 0 Å². The van der Waals surface area contributed by atoms with Gasteiger partial charge in [-0.2, -0.15) is 0 Å². The third kappa shape index (κ3) is 2.32. The number of anilines is 1. The van der Waals surface area contributed by atoms with Crippen LogP contribution >= 0.6 is 0 Å². The van der Waals surface area contributed by atoms with Crippen molar-refractivity contribution in [1.82, 2.24) is 0 Å². The van der Waals surface area contributed by atoms with E-state index in [-0.39, 0.29) is 5.69 Å². The van der Waals surface area contributed by atoms with E-state index in [0.717, 1.165) is 24.5 Å². The minimum atomic E-state index is -4.23. The summed E-state index contributed by atoms with van der Waals surface area (Å²) in [5.41, 5.74) is 0.125. The number of amides is 1. The third-order valence-electron chi connectivity index (χ3n) is 3.72. The lowest BCUT2D eigenvalue weighted by Gasteiger charge is -2.52. The maximum atomic E-state index is 12.3. The van der Waals surface area contributed by atoms with Gasteiger partial charge in [0, 0.05) is 25.3 Å². The number of carbonyl (C=O) groups is 1. The van der Waals surface area contributed by atoms with Crippen LogP contribution in [0.5, 0.6) is 5.75 Å². The molecule has 0 radical (unpaired) electrons. The van der Waals surface area contributed by atoms with Crippen molar-refractivity contribution in [1.29, 1.82) is 0 Å². The van der Waals surface area contributed by atoms with Crippen molar-refractivity contribution in [3.05, 3.63) is 24.3 Å². The highest BCUT2D eigenvalue weighted by atomic mass is 32.3. The Labute approximate surface area is 134 Å². The Morgan fingerprint density at radius 2 is 1.48 bits per heavy atom. The summed E-state index contributed by atoms with van der Waals surface area (Å²) in [6, 6.07) is 5.82. The number of benzene rings is 1. The summed E-state index contributed by atoms with van der Waals surface area (Å²) in [4.78, 5) is 13.0. The van der Waals surface area contributed by atoms with Gasteiger partial charge in [0.2, 0.25) is 0 Å². The molecule has 1 saturated heterocycles. The van der Waals surface area contributed by atoms with Crippen molar-refractivity contribution in [2.75, 3.05) is 31.6 Å². The third-order valence-corrected chi connectivity index (χ3v) is 8.45. The fourth-order valence-electron chi connectivity index (χ4n) is 2.76. The first kappa shape index (κ1) is 17.7. The van der Waals surface area contributed by atoms with Crippen LogP contribution in [0.3, 0.4) is 0 Å². The molecule has 128 valence electrons. The summed E-state index contributed by atoms with van der Waals surface area (Å²) in [6.45, 7) is 0. The zero-order valence-corrected chi connectivity index (χ0v) is 14.6. The lowest BCUT2D eigenvalue weighted by atomic mass is 10.1. The average molecular weight is 363 g/mol. The van der Waals surface area contributed by atoms with E-state index in [1.165, 1.54) is 31.4 Å². The maximum Gasteiger partial charge on any atom is 0.285 e. The Kier molecular flexibility index (Phi) is 4.20. The second-order valence-corrected chi connectivity index (χ2v) is 9.75. The highest BCUT2D eigenvalue weighted by molar-refractivity contribution is 8.10. The Morgan fingerprint density at radius 1 is 1.00 bits per heavy atom. The molecular weight excluding hydrogens is 346 g/mol. The van der Waals surface area contributed by atoms with Crippen LogP contribution in [0.4, 0.5) is 5.69 Å². The van der Waals surface area contributed by atoms with Gasteiger partial charge in [-0.15, -0.1) is 0 Å². The predicted molar refractivity (Wildman–Crippen MR) is 83.7 cm³/mol. The van der Waals surface area contributed by atoms with E-state index in [0.29, 0.717) is 5.75 Å². The first-order chi connectivity index (χ1) is 10.5. The van der Waals surface area contributed by atoms with Crippen molar-refractivity contribution in [2.24, 2.45) is 0 Å². The maximum absolute atomic E-state index is 12.3. The summed E-state index contributed by atoms with van der Waals surface area (Å²) in [7, 11) is -5.92. The van der Waals surface area contributed by atoms with Crippen molar-refractivity contribution in [3.63, 3.8) is 0 Å². The van der Waals surface area contributed by atoms with Crippen molar-refractivity contribution in [3.8, 4) is 5.75 Å². The van der Waals surface area contributed by atoms with Gasteiger partial charge in [0.15, 0.2) is 25.8 Å². The number of carbonyl (C=O) groups excluding carboxylic acids is 1. The number of nitrogens with zero attached hydrogens (tertiary/aromatic N) is 1. The molecule has 1 aliphatic rings. The molecule has 0 spiro atoms. The molecule has 0 N–H and O–H groups in total. The number of β-lactam (4-membered cyclic amide) rings is 1. The number of rotatable bonds is 5. The average Bonchev–Trinajstić information content (AvgIpc) is 2.42. The Hall–Kier alpha value is -1.65. The molecule has 1 aromatic carbocycles. The lowest BCUT2D eigenvalue weighted by molar-refractivity contribution is -0.138. The molecule has 23 heavy (non-hydrogen) atoms. The predicted octanol–water partition coefficient (Wildman–Crippen LogP) is -0.200. The molecule has 10 heteroatoms. The topological polar surface area (TPSA) is 107 Å². The highest BCUT2D eigenvalue weighted by Gasteiger charge is 2.74. The van der Waals surface area contributed by atoms with Crippen LogP contribution in [0, 0.1) is 0 Å². The quantitative estimate of drug-likeness (QED) is 0.667. The van der Waals surface area contributed by atoms with Crippen LogP contribution in [0.25, 0.3) is 0 Å². The van der Waals surface area contributed by atoms with Gasteiger partial charge in [0.05, 0.1) is 7.11 Å². The molecule has 0 saturated carbocycles. The van der Waals surface area contributed by atoms with Gasteiger partial charge in [-0.1, -0.05) is 0 Å². The van der Waals surface area contributed by atoms with Crippen molar-refractivity contribution >= 4 is 31.3 Å². The zero-order chi connectivity index (χ0) is 17.6. The zero-order valence-electron chi connectivity index (χ0n) is 13.0. The largest absolute Gasteiger partial charge is 0.497 e. The Balaban J connectivity index is 2.72. The number of ether oxygens (including phenoxy) is 2. The minimum absolute atomic E-state index is 0.125. The van der Waals surface area contributed by atoms with Gasteiger partial charge < -0.3 is 9.47 Å². The van der Waals surface area contributed by atoms with Gasteiger partial charge >= 0.3 is 0 Å². The molecule has 2 rings (SSSR count). The molecule has 1 aromatic rings. The fraction of sp³-hybridized carbons (Fsp3) is 0.462. The molecule has 1 aliphatic heterocycles. The van der Waals surface area contributed by atoms with E-state index in [4.69, 9.17) is 9.47 Å². The SMILES string of the molecule is COc1ccc(N2C(=O)[C@@H](OC)C2(S(C)(=O)=O)S(C)(=O)=O)cc1. The van der Waals surface area contributed by atoms with E-state index >= 15 is 0 Å². The van der Waals surface area contributed by atoms with Crippen molar-refractivity contribution < 1.29 is 31.1 Å². The van der Waals surface area contributed by atoms with Gasteiger partial charge in [0.1, 0.15) is 5.75 Å². The van der Waals surface area contributed by atoms with Crippen LogP contribution < -0.4 is 9.64 Å². The summed E-state index contributed by atoms with van der Waals surface area (Å²) in [6.07, 6.45) is -0.0823. The fourth-order valence-corrected chi connectivity index (χ4v) is 7.19. The number of methoxy groups -OCH3 is 2. The van der Waals surface area contributed by atoms with E-state index in [1.807, 2.05) is 0 Å². The molecule has 0 bridgehead atoms. The van der Waals surface area contributed by atoms with Gasteiger partial charge in [-0.05, 0) is 24.3 Å². The monoisotopic (exact) mass is 363 g/mol. The molecule has 8 nitrogen and oxygen atoms in total. The molecule has 1 heterocycles. The van der Waals surface area contributed by atoms with Crippen LogP contribution in [0.1, 0.15) is 0 Å². The molecule has 1 atom stereocenters. The molecule has 1 amide bonds. The summed E-state index contributed by atoms with van der Waals surface area (Å²) in [5.74, 6) is -0.261. The van der Waals surface area contributed by atoms with Gasteiger partial charge in [0.25, 0.3) is 10.1 Å². The molecular formula is C13H17NO7S2. The molecule has 0 aromatic heterocycles. The van der Waals surface area contributed by atoms with Gasteiger partial charge in [-0.3, -0.25) is 9.69 Å². The normalized spacial score (nSPS) is 21.0. The summed E-state index contributed by atoms with van der Waals surface area (Å²) < 4.78 is 56.7. The number of hydrogen-bond acceptors (Lipinski definition) is 7. The minimum Gasteiger partial charge on any atom is -0.497 e. The van der Waals surface area contributed by atoms with E-state index < -0.39 is 35.9 Å². The number of hydrogen-bond donors (Lipinski definition) is 0. The first-order valence-corrected chi connectivity index (χ1v) is 10.2. The molecule has 0 unspecified atom stereocenters. The molecule has 0 aliphatic carbocycles. The second-order valence-electron chi connectivity index (χ2n) is 5.16. The van der Waals surface area contributed by atoms with Crippen LogP contribution in [-0.2, 0) is 29.2 Å². The van der Waals surface area contributed by atoms with Crippen LogP contribution in [-0.4, -0.2) is 59.8 Å². The molecule has 1 fully saturated rings. The summed E-state index contributed by atoms with van der Waals surface area (Å²) >= 11 is 0. The van der Waals surface area contributed by atoms with Crippen LogP contribution in [0.15, 0.2) is 24.3 Å². The first-order valence-electron chi connectivity index (χ1n) is 6.42. The smallest absolute Gasteiger partial charge is 0.285 e. The highest BCUT2D eigenvalue weighted by Crippen LogP contribution is 2.46. The number of sulfone groups is 2. The Morgan fingerprint density at radius 3 is 1.83 bits per heavy atom. The Bertz CT molecular complexity index is 796. The standard InChI is InChI=1S/C13H17NO7S2/c1-20-10-7-5-9(6-8-10)14-12(15)11(21-2)13(14,22(3,16)17)23(4,18)19/h5-8,11H,1-4H3/t11-/m1/s1. The second kappa shape index (κ2) is 5.46. The van der Waals surface area contributed by atoms with Crippen LogP contribution in [0.2, 0.25) is 0 Å². The van der Waals surface area contributed by atoms with Crippen molar-refractivity contribution in [2.45, 2.75) is 10.3 Å². The van der Waals surface area contributed by atoms with Gasteiger partial charge in [-0.25, -0.2) is 16.8 Å². The summed E-state index contributed by atoms with van der Waals surface area (Å²) in [5, 5.41) is 0. The lowest BCUT2D eigenvalue weighted by Crippen LogP contribution is -2.81. The van der Waals surface area contributed by atoms with E-state index in [9.17, 15) is 21.6 Å². The van der Waals surface area contributed by atoms with E-state index in [1.54, 1.807) is 0 Å².